The molecule has 4 nitrogen and oxygen atoms in total. The molecule has 0 amide bonds. The molecule has 0 aliphatic carbocycles. The molecule has 0 aliphatic rings. The molecule has 102 valence electrons. The highest BCUT2D eigenvalue weighted by Crippen LogP contribution is 2.26. The molecule has 1 aromatic carbocycles. The van der Waals surface area contributed by atoms with Gasteiger partial charge in [0.05, 0.1) is 5.75 Å². The lowest BCUT2D eigenvalue weighted by atomic mass is 10.1. The predicted octanol–water partition coefficient (Wildman–Crippen LogP) is 2.54. The second kappa shape index (κ2) is 7.00. The first-order valence-corrected chi connectivity index (χ1v) is 8.78. The van der Waals surface area contributed by atoms with Gasteiger partial charge in [-0.1, -0.05) is 37.9 Å². The van der Waals surface area contributed by atoms with Crippen LogP contribution < -0.4 is 10.5 Å². The Balaban J connectivity index is 2.48. The lowest BCUT2D eigenvalue weighted by molar-refractivity contribution is 0.559. The number of nitrogens with two attached hydrogens (primary N) is 1. The maximum absolute atomic E-state index is 10.8. The Morgan fingerprint density at radius 3 is 2.61 bits per heavy atom. The van der Waals surface area contributed by atoms with Crippen molar-refractivity contribution < 1.29 is 8.42 Å². The molecular weight excluding hydrogens is 384 g/mol. The minimum absolute atomic E-state index is 0.00816. The number of sulfonamides is 1. The van der Waals surface area contributed by atoms with Gasteiger partial charge in [0.15, 0.2) is 0 Å². The highest BCUT2D eigenvalue weighted by atomic mass is 79.9. The van der Waals surface area contributed by atoms with Gasteiger partial charge in [0.1, 0.15) is 0 Å². The molecule has 1 aromatic rings. The van der Waals surface area contributed by atoms with E-state index in [1.54, 1.807) is 0 Å². The maximum atomic E-state index is 10.8. The van der Waals surface area contributed by atoms with E-state index < -0.39 is 10.0 Å². The smallest absolute Gasteiger partial charge is 0.209 e. The molecule has 0 aliphatic heterocycles. The minimum atomic E-state index is -3.36. The number of hydrogen-bond acceptors (Lipinski definition) is 3. The van der Waals surface area contributed by atoms with Crippen molar-refractivity contribution >= 4 is 41.9 Å². The van der Waals surface area contributed by atoms with Crippen LogP contribution in [-0.2, 0) is 10.0 Å². The van der Waals surface area contributed by atoms with Crippen LogP contribution in [0.5, 0.6) is 0 Å². The molecule has 7 heteroatoms. The molecule has 1 unspecified atom stereocenters. The van der Waals surface area contributed by atoms with Crippen molar-refractivity contribution in [1.29, 1.82) is 0 Å². The van der Waals surface area contributed by atoms with E-state index in [0.717, 1.165) is 14.5 Å². The topological polar surface area (TPSA) is 72.2 Å². The Morgan fingerprint density at radius 2 is 2.06 bits per heavy atom. The molecule has 0 saturated heterocycles. The van der Waals surface area contributed by atoms with E-state index in [-0.39, 0.29) is 11.8 Å². The van der Waals surface area contributed by atoms with Crippen LogP contribution >= 0.6 is 31.9 Å². The average molecular weight is 400 g/mol. The van der Waals surface area contributed by atoms with E-state index in [4.69, 9.17) is 5.14 Å². The summed E-state index contributed by atoms with van der Waals surface area (Å²) in [5.74, 6) is 0.00816. The number of benzene rings is 1. The van der Waals surface area contributed by atoms with E-state index in [1.165, 1.54) is 0 Å². The van der Waals surface area contributed by atoms with E-state index >= 15 is 0 Å². The summed E-state index contributed by atoms with van der Waals surface area (Å²) < 4.78 is 23.6. The molecule has 1 atom stereocenters. The third kappa shape index (κ3) is 5.79. The SMILES string of the molecule is CC(NCCCS(N)(=O)=O)c1ccc(Br)cc1Br. The summed E-state index contributed by atoms with van der Waals surface area (Å²) in [7, 11) is -3.36. The highest BCUT2D eigenvalue weighted by molar-refractivity contribution is 9.11. The summed E-state index contributed by atoms with van der Waals surface area (Å²) in [5.41, 5.74) is 1.13. The Hall–Kier alpha value is 0.0500. The number of hydrogen-bond donors (Lipinski definition) is 2. The Morgan fingerprint density at radius 1 is 1.39 bits per heavy atom. The first kappa shape index (κ1) is 16.1. The van der Waals surface area contributed by atoms with Gasteiger partial charge in [-0.3, -0.25) is 0 Å². The molecule has 0 aromatic heterocycles. The largest absolute Gasteiger partial charge is 0.310 e. The highest BCUT2D eigenvalue weighted by Gasteiger charge is 2.09. The Kier molecular flexibility index (Phi) is 6.26. The first-order chi connectivity index (χ1) is 8.29. The van der Waals surface area contributed by atoms with Gasteiger partial charge in [-0.2, -0.15) is 0 Å². The van der Waals surface area contributed by atoms with Crippen LogP contribution in [0.25, 0.3) is 0 Å². The third-order valence-corrected chi connectivity index (χ3v) is 4.52. The van der Waals surface area contributed by atoms with Gasteiger partial charge >= 0.3 is 0 Å². The van der Waals surface area contributed by atoms with E-state index in [0.29, 0.717) is 13.0 Å². The quantitative estimate of drug-likeness (QED) is 0.722. The zero-order valence-electron chi connectivity index (χ0n) is 9.99. The van der Waals surface area contributed by atoms with Crippen molar-refractivity contribution in [3.8, 4) is 0 Å². The molecule has 0 saturated carbocycles. The lowest BCUT2D eigenvalue weighted by Crippen LogP contribution is -2.24. The standard InChI is InChI=1S/C11H16Br2N2O2S/c1-8(15-5-2-6-18(14,16)17)10-4-3-9(12)7-11(10)13/h3-4,7-8,15H,2,5-6H2,1H3,(H2,14,16,17). The van der Waals surface area contributed by atoms with E-state index in [9.17, 15) is 8.42 Å². The van der Waals surface area contributed by atoms with Crippen LogP contribution in [0.15, 0.2) is 27.1 Å². The van der Waals surface area contributed by atoms with Crippen LogP contribution in [-0.4, -0.2) is 20.7 Å². The first-order valence-electron chi connectivity index (χ1n) is 5.48. The summed E-state index contributed by atoms with van der Waals surface area (Å²) in [6.07, 6.45) is 0.511. The molecule has 0 radical (unpaired) electrons. The number of primary sulfonamides is 1. The molecule has 3 N–H and O–H groups in total. The predicted molar refractivity (Wildman–Crippen MR) is 80.9 cm³/mol. The fourth-order valence-electron chi connectivity index (χ4n) is 1.55. The van der Waals surface area contributed by atoms with Gasteiger partial charge in [-0.15, -0.1) is 0 Å². The van der Waals surface area contributed by atoms with Gasteiger partial charge < -0.3 is 5.32 Å². The van der Waals surface area contributed by atoms with Crippen LogP contribution in [0.4, 0.5) is 0 Å². The molecule has 1 rings (SSSR count). The summed E-state index contributed by atoms with van der Waals surface area (Å²) in [6, 6.07) is 6.12. The monoisotopic (exact) mass is 398 g/mol. The van der Waals surface area contributed by atoms with Crippen molar-refractivity contribution in [3.63, 3.8) is 0 Å². The summed E-state index contributed by atoms with van der Waals surface area (Å²) in [5, 5.41) is 8.20. The number of rotatable bonds is 6. The fraction of sp³-hybridized carbons (Fsp3) is 0.455. The van der Waals surface area contributed by atoms with Crippen LogP contribution in [0.1, 0.15) is 24.9 Å². The third-order valence-electron chi connectivity index (χ3n) is 2.49. The molecular formula is C11H16Br2N2O2S. The zero-order valence-corrected chi connectivity index (χ0v) is 14.0. The van der Waals surface area contributed by atoms with Crippen molar-refractivity contribution in [2.24, 2.45) is 5.14 Å². The fourth-order valence-corrected chi connectivity index (χ4v) is 3.49. The zero-order chi connectivity index (χ0) is 13.8. The lowest BCUT2D eigenvalue weighted by Gasteiger charge is -2.16. The summed E-state index contributed by atoms with van der Waals surface area (Å²) >= 11 is 6.90. The van der Waals surface area contributed by atoms with Gasteiger partial charge in [0, 0.05) is 15.0 Å². The van der Waals surface area contributed by atoms with Gasteiger partial charge in [-0.05, 0) is 37.6 Å². The second-order valence-corrected chi connectivity index (χ2v) is 7.57. The van der Waals surface area contributed by atoms with Gasteiger partial charge in [0.25, 0.3) is 0 Å². The maximum Gasteiger partial charge on any atom is 0.209 e. The molecule has 18 heavy (non-hydrogen) atoms. The van der Waals surface area contributed by atoms with E-state index in [1.807, 2.05) is 25.1 Å². The van der Waals surface area contributed by atoms with Crippen molar-refractivity contribution in [2.45, 2.75) is 19.4 Å². The minimum Gasteiger partial charge on any atom is -0.310 e. The van der Waals surface area contributed by atoms with Crippen molar-refractivity contribution in [2.75, 3.05) is 12.3 Å². The summed E-state index contributed by atoms with van der Waals surface area (Å²) in [6.45, 7) is 2.64. The number of nitrogens with one attached hydrogen (secondary N) is 1. The summed E-state index contributed by atoms with van der Waals surface area (Å²) in [4.78, 5) is 0. The number of halogens is 2. The van der Waals surface area contributed by atoms with Gasteiger partial charge in [0.2, 0.25) is 10.0 Å². The van der Waals surface area contributed by atoms with Crippen LogP contribution in [0.2, 0.25) is 0 Å². The normalized spacial score (nSPS) is 13.6. The molecule has 0 spiro atoms. The van der Waals surface area contributed by atoms with Crippen molar-refractivity contribution in [1.82, 2.24) is 5.32 Å². The Labute approximate surface area is 125 Å². The van der Waals surface area contributed by atoms with Crippen LogP contribution in [0.3, 0.4) is 0 Å². The van der Waals surface area contributed by atoms with E-state index in [2.05, 4.69) is 37.2 Å². The van der Waals surface area contributed by atoms with Crippen molar-refractivity contribution in [3.05, 3.63) is 32.7 Å². The molecule has 0 fully saturated rings. The molecule has 0 heterocycles. The Bertz CT molecular complexity index is 506. The molecule has 0 bridgehead atoms. The van der Waals surface area contributed by atoms with Gasteiger partial charge in [-0.25, -0.2) is 13.6 Å². The average Bonchev–Trinajstić information content (AvgIpc) is 2.22. The van der Waals surface area contributed by atoms with Crippen LogP contribution in [0, 0.1) is 0 Å². The second-order valence-electron chi connectivity index (χ2n) is 4.06.